The molecule has 1 heterocycles. The van der Waals surface area contributed by atoms with Crippen molar-refractivity contribution in [2.75, 3.05) is 20.2 Å². The Balaban J connectivity index is 1.98. The van der Waals surface area contributed by atoms with E-state index in [4.69, 9.17) is 16.3 Å². The Hall–Kier alpha value is -2.28. The van der Waals surface area contributed by atoms with Crippen molar-refractivity contribution in [3.8, 4) is 5.75 Å². The van der Waals surface area contributed by atoms with Gasteiger partial charge in [0.25, 0.3) is 5.91 Å². The van der Waals surface area contributed by atoms with E-state index in [9.17, 15) is 18.0 Å². The van der Waals surface area contributed by atoms with Gasteiger partial charge in [-0.3, -0.25) is 4.79 Å². The number of aryl methyl sites for hydroxylation is 1. The number of alkyl halides is 3. The first-order valence-corrected chi connectivity index (χ1v) is 7.75. The van der Waals surface area contributed by atoms with Crippen LogP contribution in [0.5, 0.6) is 5.75 Å². The van der Waals surface area contributed by atoms with Crippen LogP contribution in [-0.4, -0.2) is 36.0 Å². The molecule has 0 atom stereocenters. The highest BCUT2D eigenvalue weighted by Gasteiger charge is 2.33. The quantitative estimate of drug-likeness (QED) is 0.789. The Bertz CT molecular complexity index is 766. The zero-order valence-electron chi connectivity index (χ0n) is 13.6. The van der Waals surface area contributed by atoms with Crippen molar-refractivity contribution < 1.29 is 22.7 Å². The molecule has 0 saturated heterocycles. The molecule has 25 heavy (non-hydrogen) atoms. The number of pyridine rings is 1. The van der Waals surface area contributed by atoms with Gasteiger partial charge in [-0.1, -0.05) is 17.7 Å². The molecule has 0 spiro atoms. The molecule has 0 aliphatic carbocycles. The lowest BCUT2D eigenvalue weighted by atomic mass is 10.1. The third-order valence-electron chi connectivity index (χ3n) is 3.44. The molecule has 4 nitrogen and oxygen atoms in total. The van der Waals surface area contributed by atoms with Gasteiger partial charge in [-0.2, -0.15) is 13.2 Å². The molecule has 0 fully saturated rings. The summed E-state index contributed by atoms with van der Waals surface area (Å²) in [6.07, 6.45) is -4.54. The topological polar surface area (TPSA) is 42.4 Å². The van der Waals surface area contributed by atoms with E-state index < -0.39 is 17.8 Å². The van der Waals surface area contributed by atoms with E-state index in [1.165, 1.54) is 11.8 Å². The summed E-state index contributed by atoms with van der Waals surface area (Å²) in [4.78, 5) is 17.2. The summed E-state index contributed by atoms with van der Waals surface area (Å²) in [5, 5.41) is 0.536. The van der Waals surface area contributed by atoms with Crippen LogP contribution in [0.25, 0.3) is 0 Å². The third-order valence-corrected chi connectivity index (χ3v) is 3.68. The minimum atomic E-state index is -4.54. The van der Waals surface area contributed by atoms with Crippen molar-refractivity contribution in [3.63, 3.8) is 0 Å². The molecule has 0 N–H and O–H groups in total. The Morgan fingerprint density at radius 1 is 1.28 bits per heavy atom. The average molecular weight is 373 g/mol. The first-order valence-electron chi connectivity index (χ1n) is 7.37. The fraction of sp³-hybridized carbons (Fsp3) is 0.294. The number of halogens is 4. The van der Waals surface area contributed by atoms with Crippen molar-refractivity contribution >= 4 is 17.5 Å². The van der Waals surface area contributed by atoms with Crippen LogP contribution in [0.3, 0.4) is 0 Å². The smallest absolute Gasteiger partial charge is 0.433 e. The Morgan fingerprint density at radius 3 is 2.60 bits per heavy atom. The number of carbonyl (C=O) groups is 1. The fourth-order valence-corrected chi connectivity index (χ4v) is 2.29. The molecule has 0 radical (unpaired) electrons. The summed E-state index contributed by atoms with van der Waals surface area (Å²) in [6.45, 7) is 1.85. The van der Waals surface area contributed by atoms with Gasteiger partial charge in [0.15, 0.2) is 0 Å². The summed E-state index contributed by atoms with van der Waals surface area (Å²) in [6, 6.07) is 8.78. The average Bonchev–Trinajstić information content (AvgIpc) is 2.53. The zero-order valence-corrected chi connectivity index (χ0v) is 14.4. The van der Waals surface area contributed by atoms with Crippen LogP contribution in [0.2, 0.25) is 5.02 Å². The van der Waals surface area contributed by atoms with Crippen LogP contribution in [0.15, 0.2) is 36.4 Å². The number of rotatable bonds is 5. The SMILES string of the molecule is Cc1nc(C(F)(F)F)ccc1C(=O)N(C)CCOc1cccc(Cl)c1. The number of carbonyl (C=O) groups excluding carboxylic acids is 1. The Labute approximate surface area is 148 Å². The van der Waals surface area contributed by atoms with E-state index in [1.54, 1.807) is 31.3 Å². The Morgan fingerprint density at radius 2 is 2.00 bits per heavy atom. The van der Waals surface area contributed by atoms with Gasteiger partial charge in [0, 0.05) is 12.1 Å². The fourth-order valence-electron chi connectivity index (χ4n) is 2.11. The number of aromatic nitrogens is 1. The minimum absolute atomic E-state index is 0.0300. The number of hydrogen-bond donors (Lipinski definition) is 0. The highest BCUT2D eigenvalue weighted by atomic mass is 35.5. The van der Waals surface area contributed by atoms with Gasteiger partial charge in [-0.25, -0.2) is 4.98 Å². The number of hydrogen-bond acceptors (Lipinski definition) is 3. The number of nitrogens with zero attached hydrogens (tertiary/aromatic N) is 2. The molecular formula is C17H16ClF3N2O2. The van der Waals surface area contributed by atoms with Crippen LogP contribution >= 0.6 is 11.6 Å². The van der Waals surface area contributed by atoms with Gasteiger partial charge in [-0.15, -0.1) is 0 Å². The molecule has 134 valence electrons. The maximum atomic E-state index is 12.6. The first-order chi connectivity index (χ1) is 11.7. The first kappa shape index (κ1) is 19.1. The molecular weight excluding hydrogens is 357 g/mol. The van der Waals surface area contributed by atoms with Gasteiger partial charge < -0.3 is 9.64 Å². The van der Waals surface area contributed by atoms with Gasteiger partial charge in [0.1, 0.15) is 18.1 Å². The van der Waals surface area contributed by atoms with Crippen molar-refractivity contribution in [1.82, 2.24) is 9.88 Å². The minimum Gasteiger partial charge on any atom is -0.492 e. The summed E-state index contributed by atoms with van der Waals surface area (Å²) in [5.41, 5.74) is -0.866. The second-order valence-corrected chi connectivity index (χ2v) is 5.80. The van der Waals surface area contributed by atoms with E-state index >= 15 is 0 Å². The predicted octanol–water partition coefficient (Wildman–Crippen LogP) is 4.21. The van der Waals surface area contributed by atoms with E-state index in [0.29, 0.717) is 10.8 Å². The lowest BCUT2D eigenvalue weighted by Crippen LogP contribution is -2.31. The predicted molar refractivity (Wildman–Crippen MR) is 87.9 cm³/mol. The lowest BCUT2D eigenvalue weighted by molar-refractivity contribution is -0.141. The number of likely N-dealkylation sites (N-methyl/N-ethyl adjacent to an activating group) is 1. The molecule has 1 amide bonds. The van der Waals surface area contributed by atoms with Gasteiger partial charge in [-0.05, 0) is 37.3 Å². The molecule has 2 rings (SSSR count). The molecule has 1 aromatic carbocycles. The van der Waals surface area contributed by atoms with Crippen LogP contribution in [-0.2, 0) is 6.18 Å². The number of benzene rings is 1. The van der Waals surface area contributed by atoms with Gasteiger partial charge >= 0.3 is 6.18 Å². The van der Waals surface area contributed by atoms with Crippen molar-refractivity contribution in [1.29, 1.82) is 0 Å². The van der Waals surface area contributed by atoms with Crippen molar-refractivity contribution in [3.05, 3.63) is 58.4 Å². The summed E-state index contributed by atoms with van der Waals surface area (Å²) in [5.74, 6) is 0.147. The van der Waals surface area contributed by atoms with Crippen molar-refractivity contribution in [2.45, 2.75) is 13.1 Å². The summed E-state index contributed by atoms with van der Waals surface area (Å²) >= 11 is 5.85. The normalized spacial score (nSPS) is 11.3. The van der Waals surface area contributed by atoms with Crippen LogP contribution in [0.4, 0.5) is 13.2 Å². The van der Waals surface area contributed by atoms with Crippen LogP contribution in [0.1, 0.15) is 21.7 Å². The third kappa shape index (κ3) is 5.09. The molecule has 1 aromatic heterocycles. The molecule has 0 bridgehead atoms. The number of ether oxygens (including phenoxy) is 1. The maximum absolute atomic E-state index is 12.6. The highest BCUT2D eigenvalue weighted by molar-refractivity contribution is 6.30. The van der Waals surface area contributed by atoms with E-state index in [-0.39, 0.29) is 24.4 Å². The molecule has 0 aliphatic heterocycles. The molecule has 0 aliphatic rings. The lowest BCUT2D eigenvalue weighted by Gasteiger charge is -2.19. The standard InChI is InChI=1S/C17H16ClF3N2O2/c1-11-14(6-7-15(22-11)17(19,20)21)16(24)23(2)8-9-25-13-5-3-4-12(18)10-13/h3-7,10H,8-9H2,1-2H3. The van der Waals surface area contributed by atoms with E-state index in [0.717, 1.165) is 12.1 Å². The van der Waals surface area contributed by atoms with E-state index in [1.807, 2.05) is 0 Å². The summed E-state index contributed by atoms with van der Waals surface area (Å²) in [7, 11) is 1.54. The maximum Gasteiger partial charge on any atom is 0.433 e. The highest BCUT2D eigenvalue weighted by Crippen LogP contribution is 2.28. The number of amides is 1. The van der Waals surface area contributed by atoms with Crippen molar-refractivity contribution in [2.24, 2.45) is 0 Å². The van der Waals surface area contributed by atoms with Crippen LogP contribution < -0.4 is 4.74 Å². The summed E-state index contributed by atoms with van der Waals surface area (Å²) < 4.78 is 43.4. The monoisotopic (exact) mass is 372 g/mol. The zero-order chi connectivity index (χ0) is 18.6. The van der Waals surface area contributed by atoms with Crippen LogP contribution in [0, 0.1) is 6.92 Å². The second kappa shape index (κ2) is 7.74. The van der Waals surface area contributed by atoms with Gasteiger partial charge in [0.2, 0.25) is 0 Å². The molecule has 2 aromatic rings. The molecule has 0 saturated carbocycles. The van der Waals surface area contributed by atoms with E-state index in [2.05, 4.69) is 4.98 Å². The largest absolute Gasteiger partial charge is 0.492 e. The van der Waals surface area contributed by atoms with Gasteiger partial charge in [0.05, 0.1) is 17.8 Å². The molecule has 8 heteroatoms. The molecule has 0 unspecified atom stereocenters. The second-order valence-electron chi connectivity index (χ2n) is 5.36. The Kier molecular flexibility index (Phi) is 5.89.